The van der Waals surface area contributed by atoms with Gasteiger partial charge in [0.05, 0.1) is 27.9 Å². The molecule has 0 atom stereocenters. The van der Waals surface area contributed by atoms with Crippen LogP contribution in [0.5, 0.6) is 0 Å². The third kappa shape index (κ3) is 7.17. The second-order valence-electron chi connectivity index (χ2n) is 7.51. The Hall–Kier alpha value is -3.71. The van der Waals surface area contributed by atoms with Crippen LogP contribution in [0.4, 0.5) is 64.1 Å². The van der Waals surface area contributed by atoms with Gasteiger partial charge in [0.2, 0.25) is 0 Å². The fraction of sp³-hybridized carbons (Fsp3) is 0.174. The standard InChI is InChI=1S/C23H12F12N2/c24-20(25,26)13-6-14(21(27,28)29)9-17(8-13)36-19(12-4-2-1-3-5-12)37-18-10-15(22(30,31)32)7-16(11-18)23(33,34)35/h1-11H,(H,36,37). The van der Waals surface area contributed by atoms with Crippen molar-refractivity contribution in [1.29, 1.82) is 0 Å². The van der Waals surface area contributed by atoms with Gasteiger partial charge in [-0.25, -0.2) is 4.99 Å². The molecular weight excluding hydrogens is 532 g/mol. The highest BCUT2D eigenvalue weighted by Crippen LogP contribution is 2.40. The Morgan fingerprint density at radius 3 is 1.27 bits per heavy atom. The summed E-state index contributed by atoms with van der Waals surface area (Å²) in [5.74, 6) is -0.611. The monoisotopic (exact) mass is 544 g/mol. The molecule has 0 spiro atoms. The van der Waals surface area contributed by atoms with Crippen LogP contribution < -0.4 is 5.32 Å². The molecule has 2 nitrogen and oxygen atoms in total. The van der Waals surface area contributed by atoms with Crippen molar-refractivity contribution in [2.75, 3.05) is 5.32 Å². The van der Waals surface area contributed by atoms with Crippen LogP contribution in [0.3, 0.4) is 0 Å². The minimum atomic E-state index is -5.21. The van der Waals surface area contributed by atoms with E-state index in [4.69, 9.17) is 0 Å². The zero-order valence-corrected chi connectivity index (χ0v) is 17.8. The molecule has 0 aliphatic rings. The van der Waals surface area contributed by atoms with Gasteiger partial charge in [-0.1, -0.05) is 30.3 Å². The molecule has 0 aliphatic carbocycles. The van der Waals surface area contributed by atoms with Crippen molar-refractivity contribution < 1.29 is 52.7 Å². The maximum absolute atomic E-state index is 13.2. The first kappa shape index (κ1) is 27.9. The van der Waals surface area contributed by atoms with Gasteiger partial charge in [0.1, 0.15) is 5.84 Å². The molecule has 0 heterocycles. The molecule has 0 saturated heterocycles. The molecule has 0 aliphatic heterocycles. The molecule has 3 aromatic carbocycles. The third-order valence-corrected chi connectivity index (χ3v) is 4.71. The van der Waals surface area contributed by atoms with E-state index < -0.39 is 64.2 Å². The number of rotatable bonds is 3. The topological polar surface area (TPSA) is 24.4 Å². The molecule has 0 amide bonds. The Morgan fingerprint density at radius 2 is 0.892 bits per heavy atom. The molecule has 14 heteroatoms. The summed E-state index contributed by atoms with van der Waals surface area (Å²) in [7, 11) is 0. The smallest absolute Gasteiger partial charge is 0.340 e. The summed E-state index contributed by atoms with van der Waals surface area (Å²) in [4.78, 5) is 3.70. The van der Waals surface area contributed by atoms with Gasteiger partial charge in [-0.05, 0) is 36.4 Å². The fourth-order valence-electron chi connectivity index (χ4n) is 3.06. The van der Waals surface area contributed by atoms with E-state index in [1.165, 1.54) is 30.3 Å². The lowest BCUT2D eigenvalue weighted by molar-refractivity contribution is -0.144. The number of nitrogens with one attached hydrogen (secondary N) is 1. The predicted molar refractivity (Wildman–Crippen MR) is 109 cm³/mol. The predicted octanol–water partition coefficient (Wildman–Crippen LogP) is 8.95. The third-order valence-electron chi connectivity index (χ3n) is 4.71. The van der Waals surface area contributed by atoms with Crippen molar-refractivity contribution >= 4 is 17.2 Å². The largest absolute Gasteiger partial charge is 0.416 e. The summed E-state index contributed by atoms with van der Waals surface area (Å²) in [6, 6.07) is 7.44. The Morgan fingerprint density at radius 1 is 0.514 bits per heavy atom. The van der Waals surface area contributed by atoms with Crippen molar-refractivity contribution in [2.45, 2.75) is 24.7 Å². The van der Waals surface area contributed by atoms with E-state index in [-0.39, 0.29) is 29.8 Å². The summed E-state index contributed by atoms with van der Waals surface area (Å²) in [6.07, 6.45) is -20.8. The molecule has 37 heavy (non-hydrogen) atoms. The number of nitrogens with zero attached hydrogens (tertiary/aromatic N) is 1. The van der Waals surface area contributed by atoms with Gasteiger partial charge in [-0.3, -0.25) is 0 Å². The van der Waals surface area contributed by atoms with E-state index in [1.54, 1.807) is 0 Å². The van der Waals surface area contributed by atoms with E-state index in [9.17, 15) is 52.7 Å². The summed E-state index contributed by atoms with van der Waals surface area (Å²) in [5.41, 5.74) is -8.60. The summed E-state index contributed by atoms with van der Waals surface area (Å²) in [6.45, 7) is 0. The molecule has 0 bridgehead atoms. The average molecular weight is 544 g/mol. The van der Waals surface area contributed by atoms with Gasteiger partial charge >= 0.3 is 24.7 Å². The van der Waals surface area contributed by atoms with Gasteiger partial charge < -0.3 is 5.32 Å². The Bertz CT molecular complexity index is 1220. The van der Waals surface area contributed by atoms with Crippen molar-refractivity contribution in [3.05, 3.63) is 94.5 Å². The molecule has 0 saturated carbocycles. The zero-order chi connectivity index (χ0) is 27.8. The van der Waals surface area contributed by atoms with Crippen LogP contribution >= 0.6 is 0 Å². The maximum atomic E-state index is 13.2. The van der Waals surface area contributed by atoms with Crippen LogP contribution in [-0.4, -0.2) is 5.84 Å². The second kappa shape index (κ2) is 9.63. The lowest BCUT2D eigenvalue weighted by Crippen LogP contribution is -2.17. The highest BCUT2D eigenvalue weighted by Gasteiger charge is 2.38. The summed E-state index contributed by atoms with van der Waals surface area (Å²) >= 11 is 0. The number of aliphatic imine (C=N–C) groups is 1. The van der Waals surface area contributed by atoms with Gasteiger partial charge in [0.15, 0.2) is 0 Å². The number of hydrogen-bond acceptors (Lipinski definition) is 1. The van der Waals surface area contributed by atoms with Crippen LogP contribution in [0.25, 0.3) is 0 Å². The normalized spacial score (nSPS) is 13.6. The number of hydrogen-bond donors (Lipinski definition) is 1. The zero-order valence-electron chi connectivity index (χ0n) is 17.8. The fourth-order valence-corrected chi connectivity index (χ4v) is 3.06. The first-order valence-corrected chi connectivity index (χ1v) is 9.84. The lowest BCUT2D eigenvalue weighted by Gasteiger charge is -2.17. The van der Waals surface area contributed by atoms with Crippen molar-refractivity contribution in [1.82, 2.24) is 0 Å². The van der Waals surface area contributed by atoms with E-state index in [2.05, 4.69) is 10.3 Å². The molecule has 198 valence electrons. The first-order chi connectivity index (χ1) is 16.8. The Balaban J connectivity index is 2.22. The number of alkyl halides is 12. The highest BCUT2D eigenvalue weighted by molar-refractivity contribution is 6.09. The van der Waals surface area contributed by atoms with Crippen LogP contribution in [0.2, 0.25) is 0 Å². The van der Waals surface area contributed by atoms with Crippen LogP contribution in [0, 0.1) is 0 Å². The van der Waals surface area contributed by atoms with E-state index >= 15 is 0 Å². The van der Waals surface area contributed by atoms with E-state index in [1.807, 2.05) is 0 Å². The maximum Gasteiger partial charge on any atom is 0.416 e. The molecule has 1 N–H and O–H groups in total. The molecule has 0 aromatic heterocycles. The van der Waals surface area contributed by atoms with Gasteiger partial charge in [0, 0.05) is 11.3 Å². The van der Waals surface area contributed by atoms with Gasteiger partial charge in [-0.2, -0.15) is 52.7 Å². The van der Waals surface area contributed by atoms with Crippen LogP contribution in [0.15, 0.2) is 71.7 Å². The molecule has 0 fully saturated rings. The lowest BCUT2D eigenvalue weighted by atomic mass is 10.1. The number of halogens is 12. The summed E-state index contributed by atoms with van der Waals surface area (Å²) < 4.78 is 159. The van der Waals surface area contributed by atoms with Crippen molar-refractivity contribution in [3.63, 3.8) is 0 Å². The minimum Gasteiger partial charge on any atom is -0.340 e. The van der Waals surface area contributed by atoms with Crippen molar-refractivity contribution in [2.24, 2.45) is 4.99 Å². The van der Waals surface area contributed by atoms with E-state index in [0.717, 1.165) is 0 Å². The minimum absolute atomic E-state index is 0.0561. The van der Waals surface area contributed by atoms with Crippen LogP contribution in [0.1, 0.15) is 27.8 Å². The number of amidine groups is 1. The molecule has 3 aromatic rings. The first-order valence-electron chi connectivity index (χ1n) is 9.84. The molecule has 3 rings (SSSR count). The molecule has 0 radical (unpaired) electrons. The van der Waals surface area contributed by atoms with Gasteiger partial charge in [-0.15, -0.1) is 0 Å². The molecular formula is C23H12F12N2. The Kier molecular flexibility index (Phi) is 7.26. The number of benzene rings is 3. The van der Waals surface area contributed by atoms with Crippen molar-refractivity contribution in [3.8, 4) is 0 Å². The Labute approximate surface area is 200 Å². The van der Waals surface area contributed by atoms with E-state index in [0.29, 0.717) is 12.1 Å². The van der Waals surface area contributed by atoms with Crippen LogP contribution in [-0.2, 0) is 24.7 Å². The molecule has 0 unspecified atom stereocenters. The average Bonchev–Trinajstić information content (AvgIpc) is 2.76. The number of anilines is 1. The second-order valence-corrected chi connectivity index (χ2v) is 7.51. The quantitative estimate of drug-likeness (QED) is 0.199. The SMILES string of the molecule is FC(F)(F)c1cc(N=C(Nc2cc(C(F)(F)F)cc(C(F)(F)F)c2)c2ccccc2)cc(C(F)(F)F)c1. The van der Waals surface area contributed by atoms with Gasteiger partial charge in [0.25, 0.3) is 0 Å². The summed E-state index contributed by atoms with van der Waals surface area (Å²) in [5, 5.41) is 2.17. The highest BCUT2D eigenvalue weighted by atomic mass is 19.4.